The fraction of sp³-hybridized carbons (Fsp3) is 0.222. The van der Waals surface area contributed by atoms with Crippen molar-refractivity contribution in [3.05, 3.63) is 29.6 Å². The molecule has 0 aliphatic rings. The lowest BCUT2D eigenvalue weighted by Gasteiger charge is -2.08. The van der Waals surface area contributed by atoms with E-state index >= 15 is 0 Å². The minimum absolute atomic E-state index is 0.138. The number of rotatable bonds is 5. The number of carboxylic acid groups (broad SMARTS) is 1. The highest BCUT2D eigenvalue weighted by molar-refractivity contribution is 6.60. The van der Waals surface area contributed by atoms with Gasteiger partial charge in [0, 0.05) is 5.46 Å². The van der Waals surface area contributed by atoms with E-state index in [-0.39, 0.29) is 24.2 Å². The van der Waals surface area contributed by atoms with E-state index in [9.17, 15) is 14.2 Å². The quantitative estimate of drug-likeness (QED) is 0.575. The lowest BCUT2D eigenvalue weighted by atomic mass is 9.78. The summed E-state index contributed by atoms with van der Waals surface area (Å²) in [6.07, 6.45) is 0. The SMILES string of the molecule is O=C(O)c1ccc(B(O)OCCO)c(F)c1. The summed E-state index contributed by atoms with van der Waals surface area (Å²) in [6.45, 7) is -0.437. The fourth-order valence-corrected chi connectivity index (χ4v) is 1.11. The maximum absolute atomic E-state index is 13.3. The first-order chi connectivity index (χ1) is 7.56. The van der Waals surface area contributed by atoms with Gasteiger partial charge in [-0.3, -0.25) is 0 Å². The number of benzene rings is 1. The monoisotopic (exact) mass is 228 g/mol. The number of halogens is 1. The van der Waals surface area contributed by atoms with E-state index < -0.39 is 18.9 Å². The van der Waals surface area contributed by atoms with E-state index in [1.807, 2.05) is 0 Å². The molecule has 1 aromatic carbocycles. The third-order valence-electron chi connectivity index (χ3n) is 1.88. The van der Waals surface area contributed by atoms with E-state index in [1.165, 1.54) is 0 Å². The molecule has 86 valence electrons. The number of carbonyl (C=O) groups is 1. The molecule has 3 N–H and O–H groups in total. The molecule has 0 amide bonds. The lowest BCUT2D eigenvalue weighted by Crippen LogP contribution is -2.37. The summed E-state index contributed by atoms with van der Waals surface area (Å²) in [6, 6.07) is 3.08. The van der Waals surface area contributed by atoms with Crippen molar-refractivity contribution in [3.63, 3.8) is 0 Å². The zero-order valence-electron chi connectivity index (χ0n) is 8.26. The van der Waals surface area contributed by atoms with Gasteiger partial charge in [0.05, 0.1) is 18.8 Å². The van der Waals surface area contributed by atoms with Gasteiger partial charge in [0.2, 0.25) is 0 Å². The molecule has 0 bridgehead atoms. The standard InChI is InChI=1S/C9H10BFO5/c11-8-5-6(9(13)14)1-2-7(8)10(15)16-4-3-12/h1-2,5,12,15H,3-4H2,(H,13,14). The van der Waals surface area contributed by atoms with E-state index in [0.717, 1.165) is 18.2 Å². The smallest absolute Gasteiger partial charge is 0.478 e. The number of carboxylic acids is 1. The molecular weight excluding hydrogens is 218 g/mol. The zero-order valence-corrected chi connectivity index (χ0v) is 8.26. The Kier molecular flexibility index (Phi) is 4.42. The van der Waals surface area contributed by atoms with E-state index in [4.69, 9.17) is 10.2 Å². The maximum Gasteiger partial charge on any atom is 0.494 e. The van der Waals surface area contributed by atoms with Gasteiger partial charge in [-0.25, -0.2) is 9.18 Å². The third kappa shape index (κ3) is 3.03. The highest BCUT2D eigenvalue weighted by Gasteiger charge is 2.21. The Labute approximate surface area is 91.2 Å². The average Bonchev–Trinajstić information content (AvgIpc) is 2.25. The first-order valence-corrected chi connectivity index (χ1v) is 4.49. The molecule has 0 heterocycles. The van der Waals surface area contributed by atoms with Gasteiger partial charge < -0.3 is 19.9 Å². The van der Waals surface area contributed by atoms with Gasteiger partial charge in [-0.15, -0.1) is 0 Å². The molecule has 0 spiro atoms. The summed E-state index contributed by atoms with van der Waals surface area (Å²) in [5.41, 5.74) is -0.381. The van der Waals surface area contributed by atoms with Crippen molar-refractivity contribution < 1.29 is 29.1 Å². The normalized spacial score (nSPS) is 10.2. The van der Waals surface area contributed by atoms with Crippen molar-refractivity contribution in [2.24, 2.45) is 0 Å². The van der Waals surface area contributed by atoms with Crippen LogP contribution in [0.1, 0.15) is 10.4 Å². The molecule has 0 unspecified atom stereocenters. The van der Waals surface area contributed by atoms with E-state index in [2.05, 4.69) is 4.65 Å². The van der Waals surface area contributed by atoms with Crippen molar-refractivity contribution in [2.45, 2.75) is 0 Å². The van der Waals surface area contributed by atoms with Crippen LogP contribution in [0.4, 0.5) is 4.39 Å². The summed E-state index contributed by atoms with van der Waals surface area (Å²) < 4.78 is 18.0. The average molecular weight is 228 g/mol. The predicted octanol–water partition coefficient (Wildman–Crippen LogP) is -0.780. The molecule has 16 heavy (non-hydrogen) atoms. The molecular formula is C9H10BFO5. The molecule has 1 rings (SSSR count). The molecule has 0 fully saturated rings. The highest BCUT2D eigenvalue weighted by Crippen LogP contribution is 2.03. The fourth-order valence-electron chi connectivity index (χ4n) is 1.11. The topological polar surface area (TPSA) is 87.0 Å². The third-order valence-corrected chi connectivity index (χ3v) is 1.88. The van der Waals surface area contributed by atoms with Crippen LogP contribution in [0.15, 0.2) is 18.2 Å². The van der Waals surface area contributed by atoms with Gasteiger partial charge >= 0.3 is 13.1 Å². The summed E-state index contributed by atoms with van der Waals surface area (Å²) in [7, 11) is -1.52. The molecule has 0 radical (unpaired) electrons. The maximum atomic E-state index is 13.3. The van der Waals surface area contributed by atoms with Crippen LogP contribution < -0.4 is 5.46 Å². The van der Waals surface area contributed by atoms with Gasteiger partial charge in [-0.05, 0) is 12.1 Å². The van der Waals surface area contributed by atoms with Crippen LogP contribution in [0.2, 0.25) is 0 Å². The predicted molar refractivity (Wildman–Crippen MR) is 54.0 cm³/mol. The second-order valence-electron chi connectivity index (χ2n) is 2.99. The second kappa shape index (κ2) is 5.59. The molecule has 0 atom stereocenters. The van der Waals surface area contributed by atoms with Crippen molar-refractivity contribution in [3.8, 4) is 0 Å². The van der Waals surface area contributed by atoms with Crippen LogP contribution in [0.3, 0.4) is 0 Å². The Morgan fingerprint density at radius 3 is 2.69 bits per heavy atom. The summed E-state index contributed by atoms with van der Waals surface area (Å²) >= 11 is 0. The summed E-state index contributed by atoms with van der Waals surface area (Å²) in [5.74, 6) is -2.12. The molecule has 7 heteroatoms. The van der Waals surface area contributed by atoms with Gasteiger partial charge in [-0.1, -0.05) is 6.07 Å². The number of aromatic carboxylic acids is 1. The largest absolute Gasteiger partial charge is 0.494 e. The van der Waals surface area contributed by atoms with Gasteiger partial charge in [0.1, 0.15) is 5.82 Å². The minimum atomic E-state index is -1.52. The van der Waals surface area contributed by atoms with Crippen LogP contribution in [0, 0.1) is 5.82 Å². The van der Waals surface area contributed by atoms with Gasteiger partial charge in [0.25, 0.3) is 0 Å². The van der Waals surface area contributed by atoms with Crippen LogP contribution in [0.25, 0.3) is 0 Å². The molecule has 0 saturated heterocycles. The van der Waals surface area contributed by atoms with E-state index in [1.54, 1.807) is 0 Å². The van der Waals surface area contributed by atoms with Crippen molar-refractivity contribution >= 4 is 18.6 Å². The summed E-state index contributed by atoms with van der Waals surface area (Å²) in [4.78, 5) is 10.5. The Hall–Kier alpha value is -1.44. The van der Waals surface area contributed by atoms with Gasteiger partial charge in [-0.2, -0.15) is 0 Å². The summed E-state index contributed by atoms with van der Waals surface area (Å²) in [5, 5.41) is 26.4. The lowest BCUT2D eigenvalue weighted by molar-refractivity contribution is 0.0696. The van der Waals surface area contributed by atoms with Gasteiger partial charge in [0.15, 0.2) is 0 Å². The molecule has 0 aromatic heterocycles. The molecule has 0 saturated carbocycles. The Morgan fingerprint density at radius 2 is 2.19 bits per heavy atom. The highest BCUT2D eigenvalue weighted by atomic mass is 19.1. The Morgan fingerprint density at radius 1 is 1.50 bits per heavy atom. The number of hydrogen-bond donors (Lipinski definition) is 3. The number of aliphatic hydroxyl groups excluding tert-OH is 1. The number of hydrogen-bond acceptors (Lipinski definition) is 4. The first-order valence-electron chi connectivity index (χ1n) is 4.49. The first kappa shape index (κ1) is 12.6. The Balaban J connectivity index is 2.85. The van der Waals surface area contributed by atoms with Crippen LogP contribution in [-0.4, -0.2) is 41.5 Å². The van der Waals surface area contributed by atoms with Crippen molar-refractivity contribution in [1.29, 1.82) is 0 Å². The molecule has 0 aliphatic carbocycles. The molecule has 5 nitrogen and oxygen atoms in total. The second-order valence-corrected chi connectivity index (χ2v) is 2.99. The van der Waals surface area contributed by atoms with Crippen LogP contribution in [-0.2, 0) is 4.65 Å². The number of aliphatic hydroxyl groups is 1. The zero-order chi connectivity index (χ0) is 12.1. The van der Waals surface area contributed by atoms with Crippen molar-refractivity contribution in [1.82, 2.24) is 0 Å². The van der Waals surface area contributed by atoms with E-state index in [0.29, 0.717) is 0 Å². The Bertz CT molecular complexity index is 384. The molecule has 1 aromatic rings. The van der Waals surface area contributed by atoms with Crippen LogP contribution >= 0.6 is 0 Å². The van der Waals surface area contributed by atoms with Crippen molar-refractivity contribution in [2.75, 3.05) is 13.2 Å². The van der Waals surface area contributed by atoms with Crippen LogP contribution in [0.5, 0.6) is 0 Å². The molecule has 0 aliphatic heterocycles. The minimum Gasteiger partial charge on any atom is -0.478 e.